The molecule has 4 heterocycles. The fourth-order valence-electron chi connectivity index (χ4n) is 3.59. The molecule has 1 N–H and O–H groups in total. The summed E-state index contributed by atoms with van der Waals surface area (Å²) in [7, 11) is 0. The van der Waals surface area contributed by atoms with Gasteiger partial charge in [0.15, 0.2) is 0 Å². The Morgan fingerprint density at radius 1 is 1.00 bits per heavy atom. The van der Waals surface area contributed by atoms with Gasteiger partial charge in [-0.05, 0) is 48.5 Å². The summed E-state index contributed by atoms with van der Waals surface area (Å²) in [5, 5.41) is 4.50. The fourth-order valence-corrected chi connectivity index (χ4v) is 3.59. The molecule has 0 atom stereocenters. The third-order valence-electron chi connectivity index (χ3n) is 5.17. The van der Waals surface area contributed by atoms with Crippen molar-refractivity contribution in [3.05, 3.63) is 89.4 Å². The zero-order valence-electron chi connectivity index (χ0n) is 16.4. The Bertz CT molecular complexity index is 1670. The maximum absolute atomic E-state index is 13.6. The number of para-hydroxylation sites is 2. The van der Waals surface area contributed by atoms with E-state index >= 15 is 0 Å². The van der Waals surface area contributed by atoms with Crippen molar-refractivity contribution in [2.45, 2.75) is 0 Å². The Morgan fingerprint density at radius 2 is 1.91 bits per heavy atom. The van der Waals surface area contributed by atoms with Crippen LogP contribution in [0.15, 0.2) is 82.5 Å². The summed E-state index contributed by atoms with van der Waals surface area (Å²) in [5.74, 6) is 0.614. The summed E-state index contributed by atoms with van der Waals surface area (Å²) >= 11 is 0. The first-order valence-electron chi connectivity index (χ1n) is 9.71. The van der Waals surface area contributed by atoms with Gasteiger partial charge in [0.1, 0.15) is 23.5 Å². The normalized spacial score (nSPS) is 11.4. The van der Waals surface area contributed by atoms with Gasteiger partial charge >= 0.3 is 0 Å². The second-order valence-electron chi connectivity index (χ2n) is 7.18. The van der Waals surface area contributed by atoms with E-state index in [9.17, 15) is 9.18 Å². The smallest absolute Gasteiger partial charge is 0.263 e. The molecule has 0 spiro atoms. The van der Waals surface area contributed by atoms with Crippen molar-refractivity contribution >= 4 is 21.9 Å². The molecule has 0 unspecified atom stereocenters. The highest BCUT2D eigenvalue weighted by Gasteiger charge is 2.16. The number of rotatable bonds is 3. The van der Waals surface area contributed by atoms with Gasteiger partial charge in [-0.25, -0.2) is 14.4 Å². The van der Waals surface area contributed by atoms with Crippen LogP contribution in [-0.4, -0.2) is 29.7 Å². The van der Waals surface area contributed by atoms with Crippen LogP contribution in [0.3, 0.4) is 0 Å². The number of aromatic amines is 1. The van der Waals surface area contributed by atoms with Gasteiger partial charge in [0.2, 0.25) is 5.82 Å². The average molecular weight is 424 g/mol. The third kappa shape index (κ3) is 2.95. The van der Waals surface area contributed by atoms with E-state index in [0.29, 0.717) is 22.3 Å². The minimum Gasteiger partial charge on any atom is -0.333 e. The topological polar surface area (TPSA) is 102 Å². The van der Waals surface area contributed by atoms with Crippen molar-refractivity contribution < 1.29 is 8.91 Å². The van der Waals surface area contributed by atoms with Crippen LogP contribution in [0.25, 0.3) is 50.6 Å². The number of hydrogen-bond acceptors (Lipinski definition) is 6. The molecule has 32 heavy (non-hydrogen) atoms. The highest BCUT2D eigenvalue weighted by Crippen LogP contribution is 2.23. The van der Waals surface area contributed by atoms with E-state index in [1.165, 1.54) is 24.3 Å². The van der Waals surface area contributed by atoms with Gasteiger partial charge in [-0.15, -0.1) is 0 Å². The van der Waals surface area contributed by atoms with Crippen molar-refractivity contribution in [3.63, 3.8) is 0 Å². The van der Waals surface area contributed by atoms with E-state index in [2.05, 4.69) is 25.1 Å². The van der Waals surface area contributed by atoms with Gasteiger partial charge in [0, 0.05) is 22.7 Å². The van der Waals surface area contributed by atoms with Crippen LogP contribution in [-0.2, 0) is 0 Å². The molecule has 0 fully saturated rings. The van der Waals surface area contributed by atoms with Crippen LogP contribution in [0.1, 0.15) is 0 Å². The second kappa shape index (κ2) is 6.95. The van der Waals surface area contributed by atoms with E-state index in [0.717, 1.165) is 11.0 Å². The van der Waals surface area contributed by atoms with Crippen LogP contribution in [0.5, 0.6) is 0 Å². The molecule has 0 amide bonds. The number of hydrogen-bond donors (Lipinski definition) is 1. The van der Waals surface area contributed by atoms with Gasteiger partial charge < -0.3 is 9.51 Å². The van der Waals surface area contributed by atoms with Crippen molar-refractivity contribution in [2.75, 3.05) is 0 Å². The van der Waals surface area contributed by atoms with E-state index < -0.39 is 11.4 Å². The fraction of sp³-hybridized carbons (Fsp3) is 0. The maximum Gasteiger partial charge on any atom is 0.263 e. The lowest BCUT2D eigenvalue weighted by molar-refractivity contribution is 0.432. The van der Waals surface area contributed by atoms with Gasteiger partial charge in [0.05, 0.1) is 11.0 Å². The predicted octanol–water partition coefficient (Wildman–Crippen LogP) is 4.12. The Kier molecular flexibility index (Phi) is 3.94. The molecule has 0 aliphatic heterocycles. The number of aromatic nitrogens is 6. The molecule has 6 rings (SSSR count). The average Bonchev–Trinajstić information content (AvgIpc) is 3.47. The summed E-state index contributed by atoms with van der Waals surface area (Å²) in [6, 6.07) is 17.1. The summed E-state index contributed by atoms with van der Waals surface area (Å²) in [4.78, 5) is 28.3. The molecule has 0 aliphatic carbocycles. The quantitative estimate of drug-likeness (QED) is 0.459. The van der Waals surface area contributed by atoms with Crippen molar-refractivity contribution in [2.24, 2.45) is 0 Å². The summed E-state index contributed by atoms with van der Waals surface area (Å²) in [6.45, 7) is 0. The van der Waals surface area contributed by atoms with Crippen molar-refractivity contribution in [1.82, 2.24) is 29.7 Å². The van der Waals surface area contributed by atoms with E-state index in [-0.39, 0.29) is 17.3 Å². The molecular weight excluding hydrogens is 411 g/mol. The first-order chi connectivity index (χ1) is 15.7. The van der Waals surface area contributed by atoms with Crippen LogP contribution >= 0.6 is 0 Å². The van der Waals surface area contributed by atoms with Crippen molar-refractivity contribution in [3.8, 4) is 28.7 Å². The first-order valence-corrected chi connectivity index (χ1v) is 9.71. The van der Waals surface area contributed by atoms with E-state index in [1.807, 2.05) is 41.0 Å². The molecule has 6 aromatic rings. The highest BCUT2D eigenvalue weighted by molar-refractivity contribution is 5.82. The van der Waals surface area contributed by atoms with Gasteiger partial charge in [-0.1, -0.05) is 17.3 Å². The standard InChI is InChI=1S/C23H13FN6O2/c24-15-6-7-17-14(9-15)10-16(22(31)27-17)23-28-21(29-32-23)13-5-8-20(25-11-13)30-12-26-18-3-1-2-4-19(18)30/h1-12H,(H,27,31). The van der Waals surface area contributed by atoms with Gasteiger partial charge in [0.25, 0.3) is 11.4 Å². The first kappa shape index (κ1) is 18.1. The molecule has 0 saturated heterocycles. The molecule has 0 radical (unpaired) electrons. The number of fused-ring (bicyclic) bond motifs is 2. The minimum absolute atomic E-state index is 0.0390. The van der Waals surface area contributed by atoms with Crippen LogP contribution < -0.4 is 5.56 Å². The lowest BCUT2D eigenvalue weighted by Gasteiger charge is -2.03. The molecule has 0 aliphatic rings. The Balaban J connectivity index is 1.35. The molecule has 4 aromatic heterocycles. The van der Waals surface area contributed by atoms with Crippen LogP contribution in [0, 0.1) is 5.82 Å². The predicted molar refractivity (Wildman–Crippen MR) is 116 cm³/mol. The number of imidazole rings is 1. The number of halogens is 1. The Morgan fingerprint density at radius 3 is 2.78 bits per heavy atom. The lowest BCUT2D eigenvalue weighted by atomic mass is 10.1. The van der Waals surface area contributed by atoms with Crippen molar-refractivity contribution in [1.29, 1.82) is 0 Å². The lowest BCUT2D eigenvalue weighted by Crippen LogP contribution is -2.08. The van der Waals surface area contributed by atoms with Crippen LogP contribution in [0.4, 0.5) is 4.39 Å². The molecule has 0 saturated carbocycles. The highest BCUT2D eigenvalue weighted by atomic mass is 19.1. The monoisotopic (exact) mass is 424 g/mol. The molecule has 154 valence electrons. The van der Waals surface area contributed by atoms with Crippen LogP contribution in [0.2, 0.25) is 0 Å². The van der Waals surface area contributed by atoms with Gasteiger partial charge in [-0.2, -0.15) is 4.98 Å². The number of nitrogens with one attached hydrogen (secondary N) is 1. The summed E-state index contributed by atoms with van der Waals surface area (Å²) < 4.78 is 20.8. The summed E-state index contributed by atoms with van der Waals surface area (Å²) in [6.07, 6.45) is 3.34. The molecule has 0 bridgehead atoms. The Labute approximate surface area is 179 Å². The van der Waals surface area contributed by atoms with E-state index in [4.69, 9.17) is 4.52 Å². The number of nitrogens with zero attached hydrogens (tertiary/aromatic N) is 5. The molecule has 9 heteroatoms. The molecule has 2 aromatic carbocycles. The molecule has 8 nitrogen and oxygen atoms in total. The molecular formula is C23H13FN6O2. The number of pyridine rings is 2. The van der Waals surface area contributed by atoms with E-state index in [1.54, 1.807) is 12.5 Å². The zero-order chi connectivity index (χ0) is 21.7. The summed E-state index contributed by atoms with van der Waals surface area (Å²) in [5.41, 5.74) is 2.72. The maximum atomic E-state index is 13.6. The largest absolute Gasteiger partial charge is 0.333 e. The zero-order valence-corrected chi connectivity index (χ0v) is 16.4. The SMILES string of the molecule is O=c1[nH]c2ccc(F)cc2cc1-c1nc(-c2ccc(-n3cnc4ccccc43)nc2)no1. The number of H-pyrrole nitrogens is 1. The minimum atomic E-state index is -0.404. The van der Waals surface area contributed by atoms with Gasteiger partial charge in [-0.3, -0.25) is 9.36 Å². The number of benzene rings is 2. The second-order valence-corrected chi connectivity index (χ2v) is 7.18. The third-order valence-corrected chi connectivity index (χ3v) is 5.17. The Hall–Kier alpha value is -4.66.